The van der Waals surface area contributed by atoms with Gasteiger partial charge in [0.15, 0.2) is 0 Å². The summed E-state index contributed by atoms with van der Waals surface area (Å²) in [7, 11) is 0. The molecule has 0 fully saturated rings. The summed E-state index contributed by atoms with van der Waals surface area (Å²) in [6.45, 7) is 2.01. The Hall–Kier alpha value is -2.03. The summed E-state index contributed by atoms with van der Waals surface area (Å²) in [4.78, 5) is 4.23. The molecule has 0 saturated carbocycles. The van der Waals surface area contributed by atoms with Gasteiger partial charge in [-0.25, -0.2) is 0 Å². The molecule has 19 heavy (non-hydrogen) atoms. The van der Waals surface area contributed by atoms with E-state index >= 15 is 0 Å². The summed E-state index contributed by atoms with van der Waals surface area (Å²) in [6.07, 6.45) is 5.36. The predicted molar refractivity (Wildman–Crippen MR) is 79.1 cm³/mol. The van der Waals surface area contributed by atoms with Crippen LogP contribution in [0.2, 0.25) is 0 Å². The molecule has 1 atom stereocenters. The van der Waals surface area contributed by atoms with Crippen molar-refractivity contribution in [3.8, 4) is 0 Å². The number of anilines is 2. The van der Waals surface area contributed by atoms with Crippen molar-refractivity contribution in [3.05, 3.63) is 53.3 Å². The van der Waals surface area contributed by atoms with Gasteiger partial charge in [-0.2, -0.15) is 0 Å². The van der Waals surface area contributed by atoms with Crippen molar-refractivity contribution in [2.45, 2.75) is 32.2 Å². The van der Waals surface area contributed by atoms with Crippen LogP contribution in [0.25, 0.3) is 0 Å². The lowest BCUT2D eigenvalue weighted by molar-refractivity contribution is 0.600. The summed E-state index contributed by atoms with van der Waals surface area (Å²) < 4.78 is 0. The molecular weight excluding hydrogens is 234 g/mol. The highest BCUT2D eigenvalue weighted by molar-refractivity contribution is 5.51. The zero-order valence-electron chi connectivity index (χ0n) is 11.2. The van der Waals surface area contributed by atoms with E-state index in [1.54, 1.807) is 0 Å². The van der Waals surface area contributed by atoms with Crippen LogP contribution >= 0.6 is 0 Å². The molecule has 3 nitrogen and oxygen atoms in total. The van der Waals surface area contributed by atoms with Crippen LogP contribution in [0, 0.1) is 6.92 Å². The predicted octanol–water partition coefficient (Wildman–Crippen LogP) is 3.46. The Labute approximate surface area is 113 Å². The van der Waals surface area contributed by atoms with Crippen molar-refractivity contribution in [2.24, 2.45) is 0 Å². The average molecular weight is 253 g/mol. The Kier molecular flexibility index (Phi) is 3.11. The Balaban J connectivity index is 1.87. The molecule has 0 spiro atoms. The maximum atomic E-state index is 5.87. The molecule has 1 aromatic heterocycles. The van der Waals surface area contributed by atoms with E-state index in [4.69, 9.17) is 5.73 Å². The first-order valence-corrected chi connectivity index (χ1v) is 6.80. The smallest absolute Gasteiger partial charge is 0.0516 e. The molecule has 0 saturated heterocycles. The molecule has 1 aliphatic carbocycles. The molecule has 3 rings (SSSR count). The Morgan fingerprint density at radius 2 is 2.16 bits per heavy atom. The molecule has 2 aromatic rings. The van der Waals surface area contributed by atoms with Crippen molar-refractivity contribution in [1.82, 2.24) is 4.98 Å². The fourth-order valence-electron chi connectivity index (χ4n) is 2.82. The molecule has 0 aliphatic heterocycles. The molecule has 0 amide bonds. The lowest BCUT2D eigenvalue weighted by Crippen LogP contribution is -2.17. The summed E-state index contributed by atoms with van der Waals surface area (Å²) in [5.41, 5.74) is 11.7. The number of nitrogens with one attached hydrogen (secondary N) is 1. The van der Waals surface area contributed by atoms with Gasteiger partial charge in [-0.3, -0.25) is 4.98 Å². The number of aromatic nitrogens is 1. The highest BCUT2D eigenvalue weighted by Gasteiger charge is 2.20. The van der Waals surface area contributed by atoms with Gasteiger partial charge in [0.2, 0.25) is 0 Å². The number of nitrogens with two attached hydrogens (primary N) is 1. The third kappa shape index (κ3) is 2.55. The second kappa shape index (κ2) is 4.92. The highest BCUT2D eigenvalue weighted by atomic mass is 14.9. The number of rotatable bonds is 2. The van der Waals surface area contributed by atoms with Gasteiger partial charge in [0.05, 0.1) is 6.04 Å². The molecule has 1 heterocycles. The topological polar surface area (TPSA) is 50.9 Å². The molecule has 3 heteroatoms. The third-order valence-electron chi connectivity index (χ3n) is 3.72. The number of benzene rings is 1. The van der Waals surface area contributed by atoms with Gasteiger partial charge in [0.25, 0.3) is 0 Å². The van der Waals surface area contributed by atoms with E-state index in [0.717, 1.165) is 29.9 Å². The van der Waals surface area contributed by atoms with Crippen molar-refractivity contribution < 1.29 is 0 Å². The van der Waals surface area contributed by atoms with Crippen LogP contribution in [-0.4, -0.2) is 4.98 Å². The molecule has 0 bridgehead atoms. The Bertz CT molecular complexity index is 592. The number of aryl methyl sites for hydroxylation is 2. The van der Waals surface area contributed by atoms with Gasteiger partial charge < -0.3 is 11.1 Å². The van der Waals surface area contributed by atoms with E-state index in [1.165, 1.54) is 17.5 Å². The third-order valence-corrected chi connectivity index (χ3v) is 3.72. The van der Waals surface area contributed by atoms with Crippen LogP contribution in [0.5, 0.6) is 0 Å². The minimum absolute atomic E-state index is 0.381. The van der Waals surface area contributed by atoms with Gasteiger partial charge >= 0.3 is 0 Å². The molecule has 1 aromatic carbocycles. The van der Waals surface area contributed by atoms with Crippen LogP contribution < -0.4 is 11.1 Å². The number of nitrogen functional groups attached to an aromatic ring is 1. The van der Waals surface area contributed by atoms with Crippen LogP contribution in [0.15, 0.2) is 36.5 Å². The SMILES string of the molecule is Cc1cc(NC2CCCc3cc(N)ccc32)ccn1. The first-order chi connectivity index (χ1) is 9.22. The lowest BCUT2D eigenvalue weighted by atomic mass is 9.87. The van der Waals surface area contributed by atoms with E-state index in [9.17, 15) is 0 Å². The fraction of sp³-hybridized carbons (Fsp3) is 0.312. The largest absolute Gasteiger partial charge is 0.399 e. The summed E-state index contributed by atoms with van der Waals surface area (Å²) >= 11 is 0. The molecule has 1 aliphatic rings. The first-order valence-electron chi connectivity index (χ1n) is 6.80. The van der Waals surface area contributed by atoms with Crippen molar-refractivity contribution in [2.75, 3.05) is 11.1 Å². The minimum atomic E-state index is 0.381. The number of hydrogen-bond acceptors (Lipinski definition) is 3. The second-order valence-electron chi connectivity index (χ2n) is 5.23. The van der Waals surface area contributed by atoms with Gasteiger partial charge in [-0.05, 0) is 61.6 Å². The molecule has 1 unspecified atom stereocenters. The molecule has 98 valence electrons. The maximum absolute atomic E-state index is 5.87. The molecular formula is C16H19N3. The highest BCUT2D eigenvalue weighted by Crippen LogP contribution is 2.33. The fourth-order valence-corrected chi connectivity index (χ4v) is 2.82. The number of fused-ring (bicyclic) bond motifs is 1. The van der Waals surface area contributed by atoms with E-state index in [2.05, 4.69) is 28.5 Å². The Morgan fingerprint density at radius 1 is 1.26 bits per heavy atom. The van der Waals surface area contributed by atoms with Gasteiger partial charge in [-0.1, -0.05) is 6.07 Å². The number of pyridine rings is 1. The van der Waals surface area contributed by atoms with Crippen LogP contribution in [0.1, 0.15) is 35.7 Å². The maximum Gasteiger partial charge on any atom is 0.0516 e. The van der Waals surface area contributed by atoms with Gasteiger partial charge in [0, 0.05) is 23.3 Å². The van der Waals surface area contributed by atoms with E-state index < -0.39 is 0 Å². The minimum Gasteiger partial charge on any atom is -0.399 e. The van der Waals surface area contributed by atoms with E-state index in [0.29, 0.717) is 6.04 Å². The molecule has 0 radical (unpaired) electrons. The lowest BCUT2D eigenvalue weighted by Gasteiger charge is -2.27. The van der Waals surface area contributed by atoms with Crippen LogP contribution in [0.4, 0.5) is 11.4 Å². The number of nitrogens with zero attached hydrogens (tertiary/aromatic N) is 1. The van der Waals surface area contributed by atoms with Crippen molar-refractivity contribution >= 4 is 11.4 Å². The van der Waals surface area contributed by atoms with Crippen LogP contribution in [-0.2, 0) is 6.42 Å². The quantitative estimate of drug-likeness (QED) is 0.806. The van der Waals surface area contributed by atoms with Crippen molar-refractivity contribution in [3.63, 3.8) is 0 Å². The van der Waals surface area contributed by atoms with E-state index in [1.807, 2.05) is 25.3 Å². The normalized spacial score (nSPS) is 17.8. The zero-order chi connectivity index (χ0) is 13.2. The standard InChI is InChI=1S/C16H19N3/c1-11-9-14(7-8-18-11)19-16-4-2-3-12-10-13(17)5-6-15(12)16/h5-10,16H,2-4,17H2,1H3,(H,18,19). The van der Waals surface area contributed by atoms with E-state index in [-0.39, 0.29) is 0 Å². The summed E-state index contributed by atoms with van der Waals surface area (Å²) in [5.74, 6) is 0. The first kappa shape index (κ1) is 12.0. The number of hydrogen-bond donors (Lipinski definition) is 2. The summed E-state index contributed by atoms with van der Waals surface area (Å²) in [5, 5.41) is 3.62. The second-order valence-corrected chi connectivity index (χ2v) is 5.23. The van der Waals surface area contributed by atoms with Gasteiger partial charge in [0.1, 0.15) is 0 Å². The van der Waals surface area contributed by atoms with Gasteiger partial charge in [-0.15, -0.1) is 0 Å². The zero-order valence-corrected chi connectivity index (χ0v) is 11.2. The van der Waals surface area contributed by atoms with Crippen LogP contribution in [0.3, 0.4) is 0 Å². The summed E-state index contributed by atoms with van der Waals surface area (Å²) in [6, 6.07) is 10.8. The molecule has 3 N–H and O–H groups in total. The Morgan fingerprint density at radius 3 is 3.00 bits per heavy atom. The monoisotopic (exact) mass is 253 g/mol. The average Bonchev–Trinajstić information content (AvgIpc) is 2.38. The van der Waals surface area contributed by atoms with Crippen molar-refractivity contribution in [1.29, 1.82) is 0 Å².